The first-order chi connectivity index (χ1) is 9.08. The molecule has 0 aliphatic heterocycles. The van der Waals surface area contributed by atoms with E-state index in [-0.39, 0.29) is 5.54 Å². The molecule has 1 heterocycles. The van der Waals surface area contributed by atoms with Gasteiger partial charge < -0.3 is 9.47 Å². The molecule has 1 fully saturated rings. The summed E-state index contributed by atoms with van der Waals surface area (Å²) >= 11 is 0. The highest BCUT2D eigenvalue weighted by Crippen LogP contribution is 2.44. The maximum atomic E-state index is 5.56. The molecule has 0 unspecified atom stereocenters. The smallest absolute Gasteiger partial charge is 0.167 e. The fraction of sp³-hybridized carbons (Fsp3) is 0.714. The first kappa shape index (κ1) is 14.4. The summed E-state index contributed by atoms with van der Waals surface area (Å²) in [4.78, 5) is 11.0. The standard InChI is InChI=1S/C14H23N3O2/c1-17(2)13(12-11-15-9-10-16-12)5-7-14(18-3,19-4)8-6-13/h9-11H,5-8H2,1-4H3. The number of nitrogens with zero attached hydrogens (tertiary/aromatic N) is 3. The van der Waals surface area contributed by atoms with Gasteiger partial charge >= 0.3 is 0 Å². The Morgan fingerprint density at radius 2 is 1.68 bits per heavy atom. The lowest BCUT2D eigenvalue weighted by Crippen LogP contribution is -2.50. The molecule has 5 heteroatoms. The van der Waals surface area contributed by atoms with Crippen LogP contribution >= 0.6 is 0 Å². The first-order valence-electron chi connectivity index (χ1n) is 6.63. The van der Waals surface area contributed by atoms with E-state index in [1.54, 1.807) is 26.6 Å². The van der Waals surface area contributed by atoms with E-state index in [0.717, 1.165) is 31.4 Å². The molecule has 0 bridgehead atoms. The zero-order valence-corrected chi connectivity index (χ0v) is 12.2. The molecular weight excluding hydrogens is 242 g/mol. The van der Waals surface area contributed by atoms with Gasteiger partial charge in [-0.1, -0.05) is 0 Å². The molecule has 0 radical (unpaired) electrons. The minimum atomic E-state index is -0.443. The Balaban J connectivity index is 2.26. The minimum Gasteiger partial charge on any atom is -0.353 e. The van der Waals surface area contributed by atoms with Crippen LogP contribution in [0.5, 0.6) is 0 Å². The average molecular weight is 265 g/mol. The lowest BCUT2D eigenvalue weighted by atomic mass is 9.75. The van der Waals surface area contributed by atoms with Gasteiger partial charge in [0.05, 0.1) is 17.4 Å². The van der Waals surface area contributed by atoms with Gasteiger partial charge in [0.15, 0.2) is 5.79 Å². The molecule has 0 spiro atoms. The van der Waals surface area contributed by atoms with Crippen LogP contribution < -0.4 is 0 Å². The molecule has 2 rings (SSSR count). The molecule has 1 saturated carbocycles. The maximum absolute atomic E-state index is 5.56. The number of ether oxygens (including phenoxy) is 2. The van der Waals surface area contributed by atoms with Crippen molar-refractivity contribution >= 4 is 0 Å². The van der Waals surface area contributed by atoms with Crippen molar-refractivity contribution in [2.45, 2.75) is 37.0 Å². The lowest BCUT2D eigenvalue weighted by Gasteiger charge is -2.47. The van der Waals surface area contributed by atoms with Crippen molar-refractivity contribution in [1.82, 2.24) is 14.9 Å². The molecule has 1 aromatic rings. The summed E-state index contributed by atoms with van der Waals surface area (Å²) in [6.45, 7) is 0. The van der Waals surface area contributed by atoms with Crippen molar-refractivity contribution in [3.8, 4) is 0 Å². The highest BCUT2D eigenvalue weighted by molar-refractivity contribution is 5.14. The van der Waals surface area contributed by atoms with Crippen molar-refractivity contribution in [3.05, 3.63) is 24.3 Å². The van der Waals surface area contributed by atoms with Crippen molar-refractivity contribution in [2.75, 3.05) is 28.3 Å². The van der Waals surface area contributed by atoms with Gasteiger partial charge in [-0.2, -0.15) is 0 Å². The Kier molecular flexibility index (Phi) is 4.18. The zero-order valence-electron chi connectivity index (χ0n) is 12.2. The van der Waals surface area contributed by atoms with Gasteiger partial charge in [-0.15, -0.1) is 0 Å². The minimum absolute atomic E-state index is 0.0746. The highest BCUT2D eigenvalue weighted by Gasteiger charge is 2.46. The van der Waals surface area contributed by atoms with Crippen LogP contribution in [-0.4, -0.2) is 49.0 Å². The summed E-state index contributed by atoms with van der Waals surface area (Å²) in [5.41, 5.74) is 0.954. The van der Waals surface area contributed by atoms with E-state index in [1.807, 2.05) is 6.20 Å². The van der Waals surface area contributed by atoms with Crippen LogP contribution in [0.1, 0.15) is 31.4 Å². The third-order valence-electron chi connectivity index (χ3n) is 4.48. The highest BCUT2D eigenvalue weighted by atomic mass is 16.7. The normalized spacial score (nSPS) is 21.5. The monoisotopic (exact) mass is 265 g/mol. The summed E-state index contributed by atoms with van der Waals surface area (Å²) in [5.74, 6) is -0.443. The van der Waals surface area contributed by atoms with Gasteiger partial charge in [-0.25, -0.2) is 0 Å². The van der Waals surface area contributed by atoms with Crippen molar-refractivity contribution < 1.29 is 9.47 Å². The van der Waals surface area contributed by atoms with Gasteiger partial charge in [0, 0.05) is 39.5 Å². The molecule has 0 atom stereocenters. The number of aromatic nitrogens is 2. The lowest BCUT2D eigenvalue weighted by molar-refractivity contribution is -0.235. The Hall–Kier alpha value is -1.04. The van der Waals surface area contributed by atoms with Crippen molar-refractivity contribution in [1.29, 1.82) is 0 Å². The van der Waals surface area contributed by atoms with Crippen molar-refractivity contribution in [2.24, 2.45) is 0 Å². The molecule has 0 amide bonds. The van der Waals surface area contributed by atoms with Crippen LogP contribution in [0.15, 0.2) is 18.6 Å². The molecule has 106 valence electrons. The van der Waals surface area contributed by atoms with Gasteiger partial charge in [-0.3, -0.25) is 14.9 Å². The van der Waals surface area contributed by atoms with Gasteiger partial charge in [0.2, 0.25) is 0 Å². The number of hydrogen-bond donors (Lipinski definition) is 0. The number of methoxy groups -OCH3 is 2. The summed E-state index contributed by atoms with van der Waals surface area (Å²) < 4.78 is 11.1. The zero-order chi connectivity index (χ0) is 13.9. The predicted octanol–water partition coefficient (Wildman–Crippen LogP) is 1.80. The number of hydrogen-bond acceptors (Lipinski definition) is 5. The Morgan fingerprint density at radius 3 is 2.11 bits per heavy atom. The fourth-order valence-corrected chi connectivity index (χ4v) is 3.01. The van der Waals surface area contributed by atoms with Gasteiger partial charge in [-0.05, 0) is 26.9 Å². The topological polar surface area (TPSA) is 47.5 Å². The molecular formula is C14H23N3O2. The summed E-state index contributed by atoms with van der Waals surface area (Å²) in [5, 5.41) is 0. The van der Waals surface area contributed by atoms with E-state index in [9.17, 15) is 0 Å². The SMILES string of the molecule is COC1(OC)CCC(c2cnccn2)(N(C)C)CC1. The van der Waals surface area contributed by atoms with E-state index >= 15 is 0 Å². The van der Waals surface area contributed by atoms with E-state index in [2.05, 4.69) is 29.0 Å². The Labute approximate surface area is 115 Å². The quantitative estimate of drug-likeness (QED) is 0.777. The third-order valence-corrected chi connectivity index (χ3v) is 4.48. The summed E-state index contributed by atoms with van der Waals surface area (Å²) in [6.07, 6.45) is 8.94. The van der Waals surface area contributed by atoms with Crippen molar-refractivity contribution in [3.63, 3.8) is 0 Å². The third kappa shape index (κ3) is 2.50. The number of rotatable bonds is 4. The molecule has 1 aliphatic carbocycles. The van der Waals surface area contributed by atoms with Gasteiger partial charge in [0.25, 0.3) is 0 Å². The largest absolute Gasteiger partial charge is 0.353 e. The van der Waals surface area contributed by atoms with Gasteiger partial charge in [0.1, 0.15) is 0 Å². The summed E-state index contributed by atoms with van der Waals surface area (Å²) in [6, 6.07) is 0. The van der Waals surface area contributed by atoms with Crippen LogP contribution in [-0.2, 0) is 15.0 Å². The van der Waals surface area contributed by atoms with E-state index in [1.165, 1.54) is 0 Å². The molecule has 0 N–H and O–H groups in total. The molecule has 0 saturated heterocycles. The fourth-order valence-electron chi connectivity index (χ4n) is 3.01. The molecule has 19 heavy (non-hydrogen) atoms. The van der Waals surface area contributed by atoms with Crippen LogP contribution in [0.25, 0.3) is 0 Å². The van der Waals surface area contributed by atoms with E-state index in [0.29, 0.717) is 0 Å². The maximum Gasteiger partial charge on any atom is 0.167 e. The van der Waals surface area contributed by atoms with E-state index < -0.39 is 5.79 Å². The van der Waals surface area contributed by atoms with Crippen LogP contribution in [0.3, 0.4) is 0 Å². The predicted molar refractivity (Wildman–Crippen MR) is 72.6 cm³/mol. The summed E-state index contributed by atoms with van der Waals surface area (Å²) in [7, 11) is 7.63. The first-order valence-corrected chi connectivity index (χ1v) is 6.63. The average Bonchev–Trinajstić information content (AvgIpc) is 2.48. The Bertz CT molecular complexity index is 394. The molecule has 1 aromatic heterocycles. The van der Waals surface area contributed by atoms with Crippen LogP contribution in [0, 0.1) is 0 Å². The Morgan fingerprint density at radius 1 is 1.05 bits per heavy atom. The molecule has 0 aromatic carbocycles. The van der Waals surface area contributed by atoms with Crippen LogP contribution in [0.2, 0.25) is 0 Å². The molecule has 1 aliphatic rings. The van der Waals surface area contributed by atoms with E-state index in [4.69, 9.17) is 9.47 Å². The van der Waals surface area contributed by atoms with Crippen LogP contribution in [0.4, 0.5) is 0 Å². The molecule has 5 nitrogen and oxygen atoms in total. The second-order valence-electron chi connectivity index (χ2n) is 5.34. The second kappa shape index (κ2) is 5.53. The second-order valence-corrected chi connectivity index (χ2v) is 5.34.